The second-order valence-corrected chi connectivity index (χ2v) is 3.61. The molecular weight excluding hydrogens is 221 g/mol. The maximum atomic E-state index is 11.7. The molecule has 2 nitrogen and oxygen atoms in total. The van der Waals surface area contributed by atoms with Crippen LogP contribution in [0.25, 0.3) is 0 Å². The van der Waals surface area contributed by atoms with Crippen molar-refractivity contribution in [3.63, 3.8) is 0 Å². The molecule has 0 amide bonds. The molecule has 0 fully saturated rings. The van der Waals surface area contributed by atoms with Crippen molar-refractivity contribution in [1.82, 2.24) is 0 Å². The highest BCUT2D eigenvalue weighted by Gasteiger charge is 2.40. The fourth-order valence-corrected chi connectivity index (χ4v) is 1.23. The number of hydrogen-bond acceptors (Lipinski definition) is 2. The Balaban J connectivity index is 3.25. The zero-order valence-electron chi connectivity index (χ0n) is 9.31. The summed E-state index contributed by atoms with van der Waals surface area (Å²) in [5, 5.41) is 0. The lowest BCUT2D eigenvalue weighted by Crippen LogP contribution is -2.25. The second kappa shape index (κ2) is 8.42. The van der Waals surface area contributed by atoms with Crippen LogP contribution in [0, 0.1) is 6.92 Å². The van der Waals surface area contributed by atoms with Crippen LogP contribution in [0.5, 0.6) is 0 Å². The Bertz CT molecular complexity index is 190. The van der Waals surface area contributed by atoms with Crippen molar-refractivity contribution in [3.05, 3.63) is 6.92 Å². The fraction of sp³-hybridized carbons (Fsp3) is 0.818. The van der Waals surface area contributed by atoms with Gasteiger partial charge in [-0.05, 0) is 6.42 Å². The third-order valence-corrected chi connectivity index (χ3v) is 2.11. The van der Waals surface area contributed by atoms with Gasteiger partial charge in [0, 0.05) is 0 Å². The first-order valence-electron chi connectivity index (χ1n) is 5.51. The van der Waals surface area contributed by atoms with Gasteiger partial charge in [-0.3, -0.25) is 0 Å². The van der Waals surface area contributed by atoms with E-state index in [1.165, 1.54) is 0 Å². The van der Waals surface area contributed by atoms with Crippen molar-refractivity contribution in [2.45, 2.75) is 51.1 Å². The predicted molar refractivity (Wildman–Crippen MR) is 54.7 cm³/mol. The normalized spacial score (nSPS) is 11.5. The van der Waals surface area contributed by atoms with Gasteiger partial charge in [-0.1, -0.05) is 45.4 Å². The van der Waals surface area contributed by atoms with E-state index < -0.39 is 12.1 Å². The highest BCUT2D eigenvalue weighted by Crippen LogP contribution is 2.16. The molecule has 0 aromatic carbocycles. The van der Waals surface area contributed by atoms with Crippen LogP contribution in [-0.4, -0.2) is 18.8 Å². The number of halogens is 3. The van der Waals surface area contributed by atoms with Crippen LogP contribution in [0.2, 0.25) is 0 Å². The number of unbranched alkanes of at least 4 members (excludes halogenated alkanes) is 6. The number of ether oxygens (including phenoxy) is 1. The van der Waals surface area contributed by atoms with Gasteiger partial charge in [0.05, 0.1) is 6.61 Å². The summed E-state index contributed by atoms with van der Waals surface area (Å²) in [4.78, 5) is 10.3. The monoisotopic (exact) mass is 239 g/mol. The van der Waals surface area contributed by atoms with Crippen LogP contribution in [-0.2, 0) is 9.53 Å². The number of carbonyl (C=O) groups is 1. The molecule has 0 unspecified atom stereocenters. The van der Waals surface area contributed by atoms with E-state index in [0.717, 1.165) is 38.5 Å². The van der Waals surface area contributed by atoms with Gasteiger partial charge in [0.1, 0.15) is 0 Å². The molecule has 1 radical (unpaired) electrons. The molecule has 95 valence electrons. The zero-order chi connectivity index (χ0) is 12.4. The first-order valence-corrected chi connectivity index (χ1v) is 5.51. The van der Waals surface area contributed by atoms with Crippen LogP contribution in [0.1, 0.15) is 44.9 Å². The highest BCUT2D eigenvalue weighted by molar-refractivity contribution is 5.75. The summed E-state index contributed by atoms with van der Waals surface area (Å²) in [5.74, 6) is -2.09. The van der Waals surface area contributed by atoms with Crippen LogP contribution in [0.3, 0.4) is 0 Å². The minimum atomic E-state index is -4.87. The fourth-order valence-electron chi connectivity index (χ4n) is 1.23. The molecule has 0 saturated heterocycles. The minimum absolute atomic E-state index is 0.145. The first kappa shape index (κ1) is 15.3. The van der Waals surface area contributed by atoms with Gasteiger partial charge < -0.3 is 4.74 Å². The Labute approximate surface area is 94.2 Å². The van der Waals surface area contributed by atoms with Gasteiger partial charge in [-0.2, -0.15) is 13.2 Å². The Kier molecular flexibility index (Phi) is 8.03. The molecule has 0 aliphatic rings. The molecular formula is C11H18F3O2. The topological polar surface area (TPSA) is 26.3 Å². The van der Waals surface area contributed by atoms with Crippen molar-refractivity contribution in [3.8, 4) is 0 Å². The van der Waals surface area contributed by atoms with Crippen LogP contribution < -0.4 is 0 Å². The van der Waals surface area contributed by atoms with Crippen molar-refractivity contribution >= 4 is 5.97 Å². The molecule has 0 aromatic rings. The zero-order valence-corrected chi connectivity index (χ0v) is 9.31. The first-order chi connectivity index (χ1) is 7.48. The average Bonchev–Trinajstić information content (AvgIpc) is 2.20. The molecule has 0 N–H and O–H groups in total. The van der Waals surface area contributed by atoms with E-state index in [4.69, 9.17) is 0 Å². The lowest BCUT2D eigenvalue weighted by Gasteiger charge is -2.06. The Morgan fingerprint density at radius 1 is 1.00 bits per heavy atom. The highest BCUT2D eigenvalue weighted by atomic mass is 19.4. The lowest BCUT2D eigenvalue weighted by atomic mass is 10.1. The maximum Gasteiger partial charge on any atom is 0.490 e. The van der Waals surface area contributed by atoms with Crippen molar-refractivity contribution < 1.29 is 22.7 Å². The average molecular weight is 239 g/mol. The molecule has 0 heterocycles. The van der Waals surface area contributed by atoms with Crippen LogP contribution in [0.4, 0.5) is 13.2 Å². The predicted octanol–water partition coefficient (Wildman–Crippen LogP) is 3.66. The lowest BCUT2D eigenvalue weighted by molar-refractivity contribution is -0.199. The molecule has 5 heteroatoms. The molecule has 0 atom stereocenters. The summed E-state index contributed by atoms with van der Waals surface area (Å²) in [6, 6.07) is 0. The van der Waals surface area contributed by atoms with Gasteiger partial charge in [0.15, 0.2) is 0 Å². The molecule has 0 rings (SSSR count). The molecule has 0 aliphatic carbocycles. The van der Waals surface area contributed by atoms with E-state index in [2.05, 4.69) is 11.7 Å². The van der Waals surface area contributed by atoms with Gasteiger partial charge in [-0.15, -0.1) is 0 Å². The summed E-state index contributed by atoms with van der Waals surface area (Å²) in [6.07, 6.45) is 1.55. The molecule has 0 aromatic heterocycles. The summed E-state index contributed by atoms with van der Waals surface area (Å²) >= 11 is 0. The van der Waals surface area contributed by atoms with Crippen LogP contribution >= 0.6 is 0 Å². The summed E-state index contributed by atoms with van der Waals surface area (Å²) in [7, 11) is 0. The smallest absolute Gasteiger partial charge is 0.459 e. The molecule has 16 heavy (non-hydrogen) atoms. The van der Waals surface area contributed by atoms with Crippen LogP contribution in [0.15, 0.2) is 0 Å². The number of hydrogen-bond donors (Lipinski definition) is 0. The van der Waals surface area contributed by atoms with Gasteiger partial charge >= 0.3 is 12.1 Å². The quantitative estimate of drug-likeness (QED) is 0.477. The Hall–Kier alpha value is -0.740. The van der Waals surface area contributed by atoms with Crippen molar-refractivity contribution in [2.75, 3.05) is 6.61 Å². The summed E-state index contributed by atoms with van der Waals surface area (Å²) in [6.45, 7) is 3.57. The SMILES string of the molecule is [CH2]CCCCCCCCOC(=O)C(F)(F)F. The number of esters is 1. The third-order valence-electron chi connectivity index (χ3n) is 2.11. The third kappa shape index (κ3) is 8.56. The van der Waals surface area contributed by atoms with E-state index in [9.17, 15) is 18.0 Å². The van der Waals surface area contributed by atoms with Gasteiger partial charge in [0.2, 0.25) is 0 Å². The number of alkyl halides is 3. The molecule has 0 spiro atoms. The van der Waals surface area contributed by atoms with E-state index in [-0.39, 0.29) is 6.61 Å². The maximum absolute atomic E-state index is 11.7. The van der Waals surface area contributed by atoms with E-state index in [1.54, 1.807) is 0 Å². The minimum Gasteiger partial charge on any atom is -0.459 e. The molecule has 0 aliphatic heterocycles. The van der Waals surface area contributed by atoms with Crippen molar-refractivity contribution in [1.29, 1.82) is 0 Å². The number of carbonyl (C=O) groups excluding carboxylic acids is 1. The number of rotatable bonds is 8. The Morgan fingerprint density at radius 3 is 2.00 bits per heavy atom. The molecule has 0 saturated carbocycles. The standard InChI is InChI=1S/C11H18F3O2/c1-2-3-4-5-6-7-8-9-16-10(15)11(12,13)14/h1-9H2. The van der Waals surface area contributed by atoms with Crippen molar-refractivity contribution in [2.24, 2.45) is 0 Å². The van der Waals surface area contributed by atoms with E-state index in [1.807, 2.05) is 0 Å². The second-order valence-electron chi connectivity index (χ2n) is 3.61. The van der Waals surface area contributed by atoms with Gasteiger partial charge in [0.25, 0.3) is 0 Å². The largest absolute Gasteiger partial charge is 0.490 e. The van der Waals surface area contributed by atoms with E-state index in [0.29, 0.717) is 6.42 Å². The summed E-state index contributed by atoms with van der Waals surface area (Å²) < 4.78 is 39.1. The summed E-state index contributed by atoms with van der Waals surface area (Å²) in [5.41, 5.74) is 0. The van der Waals surface area contributed by atoms with E-state index >= 15 is 0 Å². The van der Waals surface area contributed by atoms with Gasteiger partial charge in [-0.25, -0.2) is 4.79 Å². The molecule has 0 bridgehead atoms. The Morgan fingerprint density at radius 2 is 1.50 bits per heavy atom.